The predicted molar refractivity (Wildman–Crippen MR) is 87.5 cm³/mol. The molecule has 22 heavy (non-hydrogen) atoms. The fourth-order valence-corrected chi connectivity index (χ4v) is 3.04. The van der Waals surface area contributed by atoms with Crippen LogP contribution >= 0.6 is 15.9 Å². The average Bonchev–Trinajstić information content (AvgIpc) is 2.51. The molecule has 1 aliphatic heterocycles. The van der Waals surface area contributed by atoms with Crippen LogP contribution in [0.5, 0.6) is 5.75 Å². The van der Waals surface area contributed by atoms with Gasteiger partial charge in [0.1, 0.15) is 12.4 Å². The molecule has 6 heteroatoms. The second kappa shape index (κ2) is 8.39. The molecule has 1 saturated heterocycles. The second-order valence-electron chi connectivity index (χ2n) is 5.52. The summed E-state index contributed by atoms with van der Waals surface area (Å²) in [7, 11) is 1.65. The summed E-state index contributed by atoms with van der Waals surface area (Å²) < 4.78 is 11.6. The summed E-state index contributed by atoms with van der Waals surface area (Å²) in [6.07, 6.45) is 1.99. The van der Waals surface area contributed by atoms with Gasteiger partial charge in [-0.15, -0.1) is 0 Å². The van der Waals surface area contributed by atoms with Crippen molar-refractivity contribution in [3.8, 4) is 5.75 Å². The van der Waals surface area contributed by atoms with Crippen molar-refractivity contribution < 1.29 is 19.4 Å². The lowest BCUT2D eigenvalue weighted by Crippen LogP contribution is -2.37. The van der Waals surface area contributed by atoms with Crippen LogP contribution in [-0.4, -0.2) is 49.5 Å². The Morgan fingerprint density at radius 2 is 2.09 bits per heavy atom. The largest absolute Gasteiger partial charge is 0.490 e. The molecule has 0 saturated carbocycles. The molecule has 1 heterocycles. The standard InChI is InChI=1S/C16H22BrNO4/c1-21-8-9-22-15-11-13(2-3-14(15)17)10-12-4-6-18(7-5-12)16(19)20/h2-3,11-12H,4-10H2,1H3,(H,19,20). The van der Waals surface area contributed by atoms with Crippen LogP contribution < -0.4 is 4.74 Å². The number of hydrogen-bond donors (Lipinski definition) is 1. The molecule has 0 radical (unpaired) electrons. The van der Waals surface area contributed by atoms with E-state index >= 15 is 0 Å². The Labute approximate surface area is 139 Å². The Bertz CT molecular complexity index is 501. The molecule has 0 aromatic heterocycles. The normalized spacial score (nSPS) is 15.8. The first-order valence-electron chi connectivity index (χ1n) is 7.48. The van der Waals surface area contributed by atoms with Crippen molar-refractivity contribution in [3.63, 3.8) is 0 Å². The minimum atomic E-state index is -0.809. The summed E-state index contributed by atoms with van der Waals surface area (Å²) >= 11 is 3.49. The topological polar surface area (TPSA) is 59.0 Å². The first kappa shape index (κ1) is 17.1. The highest BCUT2D eigenvalue weighted by Crippen LogP contribution is 2.29. The van der Waals surface area contributed by atoms with Gasteiger partial charge in [0, 0.05) is 20.2 Å². The average molecular weight is 372 g/mol. The Morgan fingerprint density at radius 3 is 2.73 bits per heavy atom. The van der Waals surface area contributed by atoms with E-state index in [4.69, 9.17) is 14.6 Å². The van der Waals surface area contributed by atoms with Crippen LogP contribution in [0.2, 0.25) is 0 Å². The van der Waals surface area contributed by atoms with Crippen LogP contribution in [0.1, 0.15) is 18.4 Å². The number of amides is 1. The lowest BCUT2D eigenvalue weighted by molar-refractivity contribution is 0.124. The molecule has 0 atom stereocenters. The fraction of sp³-hybridized carbons (Fsp3) is 0.562. The molecule has 1 aromatic rings. The zero-order chi connectivity index (χ0) is 15.9. The maximum Gasteiger partial charge on any atom is 0.407 e. The van der Waals surface area contributed by atoms with E-state index in [2.05, 4.69) is 28.1 Å². The van der Waals surface area contributed by atoms with Gasteiger partial charge in [-0.1, -0.05) is 6.07 Å². The fourth-order valence-electron chi connectivity index (χ4n) is 2.68. The van der Waals surface area contributed by atoms with Gasteiger partial charge < -0.3 is 19.5 Å². The molecule has 1 aromatic carbocycles. The van der Waals surface area contributed by atoms with Crippen molar-refractivity contribution in [1.29, 1.82) is 0 Å². The van der Waals surface area contributed by atoms with Crippen molar-refractivity contribution in [2.45, 2.75) is 19.3 Å². The maximum atomic E-state index is 10.9. The number of ether oxygens (including phenoxy) is 2. The second-order valence-corrected chi connectivity index (χ2v) is 6.38. The molecule has 2 rings (SSSR count). The van der Waals surface area contributed by atoms with Gasteiger partial charge in [0.25, 0.3) is 0 Å². The van der Waals surface area contributed by atoms with Crippen LogP contribution in [0.4, 0.5) is 4.79 Å². The van der Waals surface area contributed by atoms with Gasteiger partial charge in [0.15, 0.2) is 0 Å². The van der Waals surface area contributed by atoms with Crippen LogP contribution in [0.15, 0.2) is 22.7 Å². The minimum Gasteiger partial charge on any atom is -0.490 e. The Morgan fingerprint density at radius 1 is 1.36 bits per heavy atom. The molecule has 0 spiro atoms. The molecule has 1 amide bonds. The zero-order valence-electron chi connectivity index (χ0n) is 12.8. The highest BCUT2D eigenvalue weighted by molar-refractivity contribution is 9.10. The number of carbonyl (C=O) groups is 1. The molecular weight excluding hydrogens is 350 g/mol. The first-order valence-corrected chi connectivity index (χ1v) is 8.27. The first-order chi connectivity index (χ1) is 10.6. The summed E-state index contributed by atoms with van der Waals surface area (Å²) in [6.45, 7) is 2.35. The highest BCUT2D eigenvalue weighted by Gasteiger charge is 2.22. The van der Waals surface area contributed by atoms with E-state index in [1.807, 2.05) is 6.07 Å². The van der Waals surface area contributed by atoms with Crippen LogP contribution in [0.3, 0.4) is 0 Å². The third-order valence-corrected chi connectivity index (χ3v) is 4.61. The van der Waals surface area contributed by atoms with Gasteiger partial charge in [0.2, 0.25) is 0 Å². The smallest absolute Gasteiger partial charge is 0.407 e. The lowest BCUT2D eigenvalue weighted by Gasteiger charge is -2.30. The maximum absolute atomic E-state index is 10.9. The highest BCUT2D eigenvalue weighted by atomic mass is 79.9. The van der Waals surface area contributed by atoms with Gasteiger partial charge in [-0.05, 0) is 58.8 Å². The van der Waals surface area contributed by atoms with E-state index < -0.39 is 6.09 Å². The quantitative estimate of drug-likeness (QED) is 0.778. The number of piperidine rings is 1. The molecule has 0 unspecified atom stereocenters. The van der Waals surface area contributed by atoms with E-state index in [-0.39, 0.29) is 0 Å². The van der Waals surface area contributed by atoms with Gasteiger partial charge in [-0.2, -0.15) is 0 Å². The van der Waals surface area contributed by atoms with Gasteiger partial charge in [0.05, 0.1) is 11.1 Å². The molecular formula is C16H22BrNO4. The molecule has 0 bridgehead atoms. The van der Waals surface area contributed by atoms with Crippen molar-refractivity contribution in [2.24, 2.45) is 5.92 Å². The third kappa shape index (κ3) is 4.88. The van der Waals surface area contributed by atoms with Crippen molar-refractivity contribution >= 4 is 22.0 Å². The van der Waals surface area contributed by atoms with E-state index in [1.165, 1.54) is 10.5 Å². The van der Waals surface area contributed by atoms with Crippen LogP contribution in [0.25, 0.3) is 0 Å². The number of rotatable bonds is 6. The molecule has 1 N–H and O–H groups in total. The molecule has 1 aliphatic rings. The number of nitrogens with zero attached hydrogens (tertiary/aromatic N) is 1. The zero-order valence-corrected chi connectivity index (χ0v) is 14.3. The molecule has 5 nitrogen and oxygen atoms in total. The summed E-state index contributed by atoms with van der Waals surface area (Å²) in [4.78, 5) is 12.4. The SMILES string of the molecule is COCCOc1cc(CC2CCN(C(=O)O)CC2)ccc1Br. The Hall–Kier alpha value is -1.27. The minimum absolute atomic E-state index is 0.523. The van der Waals surface area contributed by atoms with Gasteiger partial charge in [-0.25, -0.2) is 4.79 Å². The molecule has 0 aliphatic carbocycles. The lowest BCUT2D eigenvalue weighted by atomic mass is 9.90. The summed E-state index contributed by atoms with van der Waals surface area (Å²) in [5.74, 6) is 1.36. The summed E-state index contributed by atoms with van der Waals surface area (Å²) in [6, 6.07) is 6.16. The number of methoxy groups -OCH3 is 1. The monoisotopic (exact) mass is 371 g/mol. The van der Waals surface area contributed by atoms with E-state index in [0.717, 1.165) is 29.5 Å². The van der Waals surface area contributed by atoms with E-state index in [0.29, 0.717) is 32.2 Å². The molecule has 122 valence electrons. The van der Waals surface area contributed by atoms with Crippen molar-refractivity contribution in [2.75, 3.05) is 33.4 Å². The van der Waals surface area contributed by atoms with Crippen molar-refractivity contribution in [1.82, 2.24) is 4.90 Å². The summed E-state index contributed by atoms with van der Waals surface area (Å²) in [5, 5.41) is 8.98. The van der Waals surface area contributed by atoms with Crippen LogP contribution in [0, 0.1) is 5.92 Å². The van der Waals surface area contributed by atoms with E-state index in [9.17, 15) is 4.79 Å². The third-order valence-electron chi connectivity index (χ3n) is 3.95. The predicted octanol–water partition coefficient (Wildman–Crippen LogP) is 3.41. The number of benzene rings is 1. The number of halogens is 1. The Balaban J connectivity index is 1.90. The van der Waals surface area contributed by atoms with Crippen molar-refractivity contribution in [3.05, 3.63) is 28.2 Å². The number of hydrogen-bond acceptors (Lipinski definition) is 3. The number of carboxylic acid groups (broad SMARTS) is 1. The van der Waals surface area contributed by atoms with Gasteiger partial charge in [-0.3, -0.25) is 0 Å². The molecule has 1 fully saturated rings. The van der Waals surface area contributed by atoms with E-state index in [1.54, 1.807) is 7.11 Å². The summed E-state index contributed by atoms with van der Waals surface area (Å²) in [5.41, 5.74) is 1.23. The van der Waals surface area contributed by atoms with Crippen LogP contribution in [-0.2, 0) is 11.2 Å². The number of likely N-dealkylation sites (tertiary alicyclic amines) is 1. The van der Waals surface area contributed by atoms with Gasteiger partial charge >= 0.3 is 6.09 Å². The Kier molecular flexibility index (Phi) is 6.51.